The van der Waals surface area contributed by atoms with E-state index in [1.54, 1.807) is 11.3 Å². The van der Waals surface area contributed by atoms with Gasteiger partial charge in [0.05, 0.1) is 13.1 Å². The third-order valence-electron chi connectivity index (χ3n) is 4.12. The van der Waals surface area contributed by atoms with Gasteiger partial charge in [-0.1, -0.05) is 6.07 Å². The van der Waals surface area contributed by atoms with E-state index < -0.39 is 11.6 Å². The van der Waals surface area contributed by atoms with E-state index in [1.165, 1.54) is 10.9 Å². The molecule has 2 aromatic heterocycles. The molecule has 3 rings (SSSR count). The summed E-state index contributed by atoms with van der Waals surface area (Å²) in [5.74, 6) is 0.761. The fraction of sp³-hybridized carbons (Fsp3) is 0.316. The van der Waals surface area contributed by atoms with E-state index in [0.717, 1.165) is 23.8 Å². The lowest BCUT2D eigenvalue weighted by Crippen LogP contribution is -2.39. The van der Waals surface area contributed by atoms with Crippen molar-refractivity contribution >= 4 is 17.3 Å². The van der Waals surface area contributed by atoms with Gasteiger partial charge in [-0.05, 0) is 30.5 Å². The van der Waals surface area contributed by atoms with Crippen LogP contribution in [0.15, 0.2) is 40.7 Å². The second-order valence-electron chi connectivity index (χ2n) is 6.17. The van der Waals surface area contributed by atoms with E-state index >= 15 is 0 Å². The minimum absolute atomic E-state index is 0.00722. The molecule has 2 N–H and O–H groups in total. The zero-order chi connectivity index (χ0) is 20.6. The Balaban J connectivity index is 1.56. The van der Waals surface area contributed by atoms with Gasteiger partial charge in [0.2, 0.25) is 0 Å². The number of hydrogen-bond acceptors (Lipinski definition) is 5. The predicted molar refractivity (Wildman–Crippen MR) is 108 cm³/mol. The molecule has 0 atom stereocenters. The number of aliphatic imine (C=N–C) groups is 1. The van der Waals surface area contributed by atoms with Crippen molar-refractivity contribution in [3.8, 4) is 5.75 Å². The Labute approximate surface area is 171 Å². The number of rotatable bonds is 8. The van der Waals surface area contributed by atoms with Gasteiger partial charge in [-0.15, -0.1) is 21.5 Å². The minimum atomic E-state index is -0.729. The molecule has 0 aliphatic heterocycles. The summed E-state index contributed by atoms with van der Waals surface area (Å²) in [6, 6.07) is 7.23. The van der Waals surface area contributed by atoms with Crippen LogP contribution in [-0.2, 0) is 20.1 Å². The first-order valence-electron chi connectivity index (χ1n) is 9.00. The number of nitrogens with zero attached hydrogens (tertiary/aromatic N) is 4. The first-order valence-corrected chi connectivity index (χ1v) is 9.88. The molecular formula is C19H22F2N6OS. The van der Waals surface area contributed by atoms with Crippen LogP contribution < -0.4 is 15.4 Å². The van der Waals surface area contributed by atoms with E-state index in [0.29, 0.717) is 25.6 Å². The predicted octanol–water partition coefficient (Wildman–Crippen LogP) is 2.78. The smallest absolute Gasteiger partial charge is 0.192 e. The SMILES string of the molecule is Cc1nnc(CN=C(NCCOc2ccc(F)cc2F)NCc2cccs2)n1C. The molecule has 0 fully saturated rings. The van der Waals surface area contributed by atoms with E-state index in [-0.39, 0.29) is 12.4 Å². The summed E-state index contributed by atoms with van der Waals surface area (Å²) in [5, 5.41) is 16.5. The Kier molecular flexibility index (Phi) is 7.12. The largest absolute Gasteiger partial charge is 0.489 e. The second kappa shape index (κ2) is 9.97. The molecule has 0 saturated heterocycles. The Bertz CT molecular complexity index is 958. The normalized spacial score (nSPS) is 11.5. The van der Waals surface area contributed by atoms with Crippen LogP contribution in [0.5, 0.6) is 5.75 Å². The summed E-state index contributed by atoms with van der Waals surface area (Å²) < 4.78 is 33.8. The number of thiophene rings is 1. The van der Waals surface area contributed by atoms with Crippen molar-refractivity contribution in [2.45, 2.75) is 20.0 Å². The summed E-state index contributed by atoms with van der Waals surface area (Å²) in [6.07, 6.45) is 0. The van der Waals surface area contributed by atoms with Crippen LogP contribution in [0.1, 0.15) is 16.5 Å². The monoisotopic (exact) mass is 420 g/mol. The fourth-order valence-corrected chi connectivity index (χ4v) is 3.06. The van der Waals surface area contributed by atoms with Crippen molar-refractivity contribution in [3.63, 3.8) is 0 Å². The molecule has 0 bridgehead atoms. The number of halogens is 2. The van der Waals surface area contributed by atoms with Crippen LogP contribution in [0.2, 0.25) is 0 Å². The van der Waals surface area contributed by atoms with Crippen LogP contribution in [0, 0.1) is 18.6 Å². The minimum Gasteiger partial charge on any atom is -0.489 e. The molecule has 0 radical (unpaired) electrons. The molecule has 0 spiro atoms. The van der Waals surface area contributed by atoms with E-state index in [4.69, 9.17) is 4.74 Å². The van der Waals surface area contributed by atoms with Crippen LogP contribution in [0.4, 0.5) is 8.78 Å². The lowest BCUT2D eigenvalue weighted by molar-refractivity contribution is 0.304. The molecule has 7 nitrogen and oxygen atoms in total. The van der Waals surface area contributed by atoms with Gasteiger partial charge in [0.15, 0.2) is 23.4 Å². The van der Waals surface area contributed by atoms with E-state index in [9.17, 15) is 8.78 Å². The zero-order valence-electron chi connectivity index (χ0n) is 16.2. The lowest BCUT2D eigenvalue weighted by Gasteiger charge is -2.13. The summed E-state index contributed by atoms with van der Waals surface area (Å²) in [7, 11) is 1.89. The number of hydrogen-bond donors (Lipinski definition) is 2. The molecule has 10 heteroatoms. The average Bonchev–Trinajstić information content (AvgIpc) is 3.33. The highest BCUT2D eigenvalue weighted by Crippen LogP contribution is 2.17. The molecule has 0 unspecified atom stereocenters. The molecule has 29 heavy (non-hydrogen) atoms. The Hall–Kier alpha value is -3.01. The number of guanidine groups is 1. The molecule has 0 aliphatic rings. The van der Waals surface area contributed by atoms with Gasteiger partial charge in [-0.25, -0.2) is 13.8 Å². The van der Waals surface area contributed by atoms with Crippen LogP contribution in [0.3, 0.4) is 0 Å². The van der Waals surface area contributed by atoms with Gasteiger partial charge >= 0.3 is 0 Å². The summed E-state index contributed by atoms with van der Waals surface area (Å²) in [6.45, 7) is 3.41. The maximum Gasteiger partial charge on any atom is 0.192 e. The van der Waals surface area contributed by atoms with Gasteiger partial charge in [-0.2, -0.15) is 0 Å². The molecular weight excluding hydrogens is 398 g/mol. The summed E-state index contributed by atoms with van der Waals surface area (Å²) in [5.41, 5.74) is 0. The molecule has 0 saturated carbocycles. The number of aromatic nitrogens is 3. The number of nitrogens with one attached hydrogen (secondary N) is 2. The number of benzene rings is 1. The maximum atomic E-state index is 13.6. The number of aryl methyl sites for hydroxylation is 1. The second-order valence-corrected chi connectivity index (χ2v) is 7.20. The van der Waals surface area contributed by atoms with Crippen molar-refractivity contribution < 1.29 is 13.5 Å². The summed E-state index contributed by atoms with van der Waals surface area (Å²) >= 11 is 1.64. The topological polar surface area (TPSA) is 76.4 Å². The molecule has 3 aromatic rings. The molecule has 2 heterocycles. The molecule has 154 valence electrons. The Morgan fingerprint density at radius 3 is 2.79 bits per heavy atom. The molecule has 0 aliphatic carbocycles. The third-order valence-corrected chi connectivity index (χ3v) is 4.99. The van der Waals surface area contributed by atoms with Gasteiger partial charge in [0.1, 0.15) is 24.8 Å². The van der Waals surface area contributed by atoms with Crippen LogP contribution >= 0.6 is 11.3 Å². The van der Waals surface area contributed by atoms with Gasteiger partial charge in [-0.3, -0.25) is 0 Å². The Morgan fingerprint density at radius 2 is 2.10 bits per heavy atom. The highest BCUT2D eigenvalue weighted by Gasteiger charge is 2.07. The standard InChI is InChI=1S/C19H22F2N6OS/c1-13-25-26-18(27(13)2)12-24-19(23-11-15-4-3-9-29-15)22-7-8-28-17-6-5-14(20)10-16(17)21/h3-6,9-10H,7-8,11-12H2,1-2H3,(H2,22,23,24). The third kappa shape index (κ3) is 5.98. The highest BCUT2D eigenvalue weighted by molar-refractivity contribution is 7.09. The first kappa shape index (κ1) is 20.7. The van der Waals surface area contributed by atoms with E-state index in [1.807, 2.05) is 36.1 Å². The van der Waals surface area contributed by atoms with Crippen molar-refractivity contribution in [2.24, 2.45) is 12.0 Å². The highest BCUT2D eigenvalue weighted by atomic mass is 32.1. The number of ether oxygens (including phenoxy) is 1. The van der Waals surface area contributed by atoms with Crippen LogP contribution in [0.25, 0.3) is 0 Å². The van der Waals surface area contributed by atoms with Gasteiger partial charge in [0, 0.05) is 18.0 Å². The lowest BCUT2D eigenvalue weighted by atomic mass is 10.3. The summed E-state index contributed by atoms with van der Waals surface area (Å²) in [4.78, 5) is 5.70. The van der Waals surface area contributed by atoms with Crippen molar-refractivity contribution in [1.82, 2.24) is 25.4 Å². The fourth-order valence-electron chi connectivity index (χ4n) is 2.42. The molecule has 1 aromatic carbocycles. The molecule has 0 amide bonds. The van der Waals surface area contributed by atoms with Gasteiger partial charge < -0.3 is 19.9 Å². The maximum absolute atomic E-state index is 13.6. The Morgan fingerprint density at radius 1 is 1.24 bits per heavy atom. The first-order chi connectivity index (χ1) is 14.0. The quantitative estimate of drug-likeness (QED) is 0.333. The van der Waals surface area contributed by atoms with Crippen molar-refractivity contribution in [2.75, 3.05) is 13.2 Å². The van der Waals surface area contributed by atoms with Crippen molar-refractivity contribution in [3.05, 3.63) is 63.9 Å². The van der Waals surface area contributed by atoms with Crippen LogP contribution in [-0.4, -0.2) is 33.9 Å². The average molecular weight is 420 g/mol. The zero-order valence-corrected chi connectivity index (χ0v) is 17.0. The van der Waals surface area contributed by atoms with Crippen molar-refractivity contribution in [1.29, 1.82) is 0 Å². The van der Waals surface area contributed by atoms with E-state index in [2.05, 4.69) is 25.8 Å². The van der Waals surface area contributed by atoms with Gasteiger partial charge in [0.25, 0.3) is 0 Å².